The maximum atomic E-state index is 14.1. The van der Waals surface area contributed by atoms with Gasteiger partial charge in [0.15, 0.2) is 11.2 Å². The van der Waals surface area contributed by atoms with Crippen LogP contribution < -0.4 is 10.6 Å². The Morgan fingerprint density at radius 2 is 1.91 bits per heavy atom. The number of primary amides is 1. The maximum Gasteiger partial charge on any atom is 0.241 e. The van der Waals surface area contributed by atoms with E-state index < -0.39 is 34.7 Å². The van der Waals surface area contributed by atoms with Gasteiger partial charge in [-0.25, -0.2) is 0 Å². The molecule has 0 spiro atoms. The van der Waals surface area contributed by atoms with Crippen molar-refractivity contribution in [2.24, 2.45) is 16.6 Å². The zero-order chi connectivity index (χ0) is 24.3. The summed E-state index contributed by atoms with van der Waals surface area (Å²) in [6, 6.07) is 12.0. The number of nitrogens with two attached hydrogens (primary N) is 1. The highest BCUT2D eigenvalue weighted by atomic mass is 16.1. The van der Waals surface area contributed by atoms with E-state index in [4.69, 9.17) is 5.73 Å². The van der Waals surface area contributed by atoms with Crippen molar-refractivity contribution in [3.8, 4) is 6.07 Å². The summed E-state index contributed by atoms with van der Waals surface area (Å²) in [5.74, 6) is -1.65. The predicted octanol–water partition coefficient (Wildman–Crippen LogP) is 3.61. The Bertz CT molecular complexity index is 1390. The minimum absolute atomic E-state index is 0.0843. The minimum Gasteiger partial charge on any atom is -0.368 e. The molecule has 2 aliphatic heterocycles. The zero-order valence-electron chi connectivity index (χ0n) is 19.3. The van der Waals surface area contributed by atoms with Crippen molar-refractivity contribution < 1.29 is 9.59 Å². The van der Waals surface area contributed by atoms with Crippen molar-refractivity contribution in [1.82, 2.24) is 9.97 Å². The van der Waals surface area contributed by atoms with Gasteiger partial charge in [-0.15, -0.1) is 0 Å². The summed E-state index contributed by atoms with van der Waals surface area (Å²) in [6.45, 7) is 5.55. The molecule has 0 saturated carbocycles. The molecule has 34 heavy (non-hydrogen) atoms. The monoisotopic (exact) mass is 451 g/mol. The highest BCUT2D eigenvalue weighted by Crippen LogP contribution is 2.57. The molecule has 3 aromatic rings. The number of hydrogen-bond donors (Lipinski definition) is 1. The van der Waals surface area contributed by atoms with Crippen LogP contribution in [-0.4, -0.2) is 33.7 Å². The molecule has 4 atom stereocenters. The number of rotatable bonds is 3. The standard InChI is InChI=1S/C27H25N5O2/c1-26(2,3)24(33)23-20(18-7-4-12-30-14-18)27(15-28,25(29)34)19-11-10-17-9-8-16-6-5-13-31-21(16)22(17)32(19)23/h4-14,19-20,23H,1-3H3,(H2,29,34)/t19-,20+,23+,27+/m1/s1. The second kappa shape index (κ2) is 7.49. The lowest BCUT2D eigenvalue weighted by Gasteiger charge is -2.38. The molecule has 2 N–H and O–H groups in total. The number of nitriles is 1. The molecule has 7 heteroatoms. The van der Waals surface area contributed by atoms with Crippen molar-refractivity contribution in [2.45, 2.75) is 38.8 Å². The summed E-state index contributed by atoms with van der Waals surface area (Å²) >= 11 is 0. The first kappa shape index (κ1) is 21.8. The number of fused-ring (bicyclic) bond motifs is 5. The van der Waals surface area contributed by atoms with E-state index in [0.717, 1.165) is 16.6 Å². The molecule has 0 aliphatic carbocycles. The molecular weight excluding hydrogens is 426 g/mol. The van der Waals surface area contributed by atoms with Crippen LogP contribution in [0.5, 0.6) is 0 Å². The molecule has 1 fully saturated rings. The highest BCUT2D eigenvalue weighted by Gasteiger charge is 2.66. The molecule has 1 aromatic carbocycles. The quantitative estimate of drug-likeness (QED) is 0.651. The Kier molecular flexibility index (Phi) is 4.80. The number of aromatic nitrogens is 2. The van der Waals surface area contributed by atoms with Gasteiger partial charge in [0.2, 0.25) is 5.91 Å². The predicted molar refractivity (Wildman–Crippen MR) is 130 cm³/mol. The third-order valence-corrected chi connectivity index (χ3v) is 7.01. The number of ketones is 1. The van der Waals surface area contributed by atoms with Crippen LogP contribution in [0.15, 0.2) is 61.1 Å². The molecule has 170 valence electrons. The Balaban J connectivity index is 1.89. The molecule has 5 rings (SSSR count). The Morgan fingerprint density at radius 1 is 1.15 bits per heavy atom. The summed E-state index contributed by atoms with van der Waals surface area (Å²) in [5.41, 5.74) is 6.54. The zero-order valence-corrected chi connectivity index (χ0v) is 19.3. The number of Topliss-reactive ketones (excluding diaryl/α,β-unsaturated/α-hetero) is 1. The fourth-order valence-corrected chi connectivity index (χ4v) is 5.47. The van der Waals surface area contributed by atoms with Crippen LogP contribution in [-0.2, 0) is 9.59 Å². The maximum absolute atomic E-state index is 14.1. The van der Waals surface area contributed by atoms with Crippen LogP contribution in [0.25, 0.3) is 17.0 Å². The van der Waals surface area contributed by atoms with E-state index in [1.165, 1.54) is 0 Å². The average molecular weight is 452 g/mol. The fourth-order valence-electron chi connectivity index (χ4n) is 5.47. The third kappa shape index (κ3) is 2.88. The lowest BCUT2D eigenvalue weighted by molar-refractivity contribution is -0.128. The number of anilines is 1. The van der Waals surface area contributed by atoms with Gasteiger partial charge in [-0.1, -0.05) is 57.2 Å². The largest absolute Gasteiger partial charge is 0.368 e. The summed E-state index contributed by atoms with van der Waals surface area (Å²) in [7, 11) is 0. The Morgan fingerprint density at radius 3 is 2.56 bits per heavy atom. The van der Waals surface area contributed by atoms with Crippen LogP contribution in [0.3, 0.4) is 0 Å². The van der Waals surface area contributed by atoms with Gasteiger partial charge in [0.1, 0.15) is 0 Å². The summed E-state index contributed by atoms with van der Waals surface area (Å²) in [6.07, 6.45) is 8.66. The number of benzene rings is 1. The van der Waals surface area contributed by atoms with Gasteiger partial charge in [-0.05, 0) is 23.3 Å². The number of carbonyl (C=O) groups is 2. The Hall–Kier alpha value is -4.05. The van der Waals surface area contributed by atoms with Crippen LogP contribution in [0.2, 0.25) is 0 Å². The van der Waals surface area contributed by atoms with Crippen LogP contribution >= 0.6 is 0 Å². The van der Waals surface area contributed by atoms with Gasteiger partial charge in [-0.3, -0.25) is 19.6 Å². The molecule has 0 radical (unpaired) electrons. The number of nitrogens with zero attached hydrogens (tertiary/aromatic N) is 4. The van der Waals surface area contributed by atoms with E-state index in [1.54, 1.807) is 30.7 Å². The molecule has 1 amide bonds. The van der Waals surface area contributed by atoms with E-state index in [1.807, 2.05) is 62.1 Å². The number of pyridine rings is 2. The lowest BCUT2D eigenvalue weighted by Crippen LogP contribution is -2.49. The average Bonchev–Trinajstić information content (AvgIpc) is 3.14. The SMILES string of the molecule is CC(C)(C)C(=O)[C@@H]1[C@H](c2cccnc2)[C@@](C#N)(C(N)=O)[C@H]2C=Cc3ccc4cccnc4c3N12. The first-order valence-corrected chi connectivity index (χ1v) is 11.2. The molecule has 0 bridgehead atoms. The van der Waals surface area contributed by atoms with E-state index in [2.05, 4.69) is 16.0 Å². The van der Waals surface area contributed by atoms with Crippen molar-refractivity contribution in [3.63, 3.8) is 0 Å². The number of hydrogen-bond acceptors (Lipinski definition) is 6. The smallest absolute Gasteiger partial charge is 0.241 e. The molecule has 1 saturated heterocycles. The van der Waals surface area contributed by atoms with Crippen molar-refractivity contribution >= 4 is 34.4 Å². The molecule has 0 unspecified atom stereocenters. The molecule has 4 heterocycles. The first-order chi connectivity index (χ1) is 16.2. The topological polar surface area (TPSA) is 113 Å². The van der Waals surface area contributed by atoms with E-state index in [9.17, 15) is 14.9 Å². The normalized spacial score (nSPS) is 25.5. The van der Waals surface area contributed by atoms with Gasteiger partial charge in [0.05, 0.1) is 29.4 Å². The highest BCUT2D eigenvalue weighted by molar-refractivity contribution is 6.04. The van der Waals surface area contributed by atoms with E-state index in [-0.39, 0.29) is 5.78 Å². The van der Waals surface area contributed by atoms with Crippen molar-refractivity contribution in [1.29, 1.82) is 5.26 Å². The molecule has 7 nitrogen and oxygen atoms in total. The first-order valence-electron chi connectivity index (χ1n) is 11.2. The number of amides is 1. The fraction of sp³-hybridized carbons (Fsp3) is 0.296. The summed E-state index contributed by atoms with van der Waals surface area (Å²) < 4.78 is 0. The van der Waals surface area contributed by atoms with Crippen LogP contribution in [0, 0.1) is 22.2 Å². The lowest BCUT2D eigenvalue weighted by atomic mass is 9.66. The van der Waals surface area contributed by atoms with Gasteiger partial charge in [0.25, 0.3) is 0 Å². The van der Waals surface area contributed by atoms with E-state index in [0.29, 0.717) is 11.1 Å². The second-order valence-electron chi connectivity index (χ2n) is 9.96. The second-order valence-corrected chi connectivity index (χ2v) is 9.96. The third-order valence-electron chi connectivity index (χ3n) is 7.01. The Labute approximate surface area is 197 Å². The molecule has 2 aromatic heterocycles. The van der Waals surface area contributed by atoms with Crippen molar-refractivity contribution in [2.75, 3.05) is 4.90 Å². The summed E-state index contributed by atoms with van der Waals surface area (Å²) in [5, 5.41) is 11.5. The van der Waals surface area contributed by atoms with Crippen molar-refractivity contribution in [3.05, 3.63) is 72.2 Å². The van der Waals surface area contributed by atoms with E-state index >= 15 is 0 Å². The van der Waals surface area contributed by atoms with Crippen LogP contribution in [0.1, 0.15) is 37.8 Å². The number of carbonyl (C=O) groups excluding carboxylic acids is 2. The van der Waals surface area contributed by atoms with Gasteiger partial charge in [-0.2, -0.15) is 5.26 Å². The van der Waals surface area contributed by atoms with Gasteiger partial charge >= 0.3 is 0 Å². The van der Waals surface area contributed by atoms with Crippen LogP contribution in [0.4, 0.5) is 5.69 Å². The molecule has 2 aliphatic rings. The summed E-state index contributed by atoms with van der Waals surface area (Å²) in [4.78, 5) is 38.1. The molecular formula is C27H25N5O2. The van der Waals surface area contributed by atoms with Gasteiger partial charge in [0, 0.05) is 35.3 Å². The minimum atomic E-state index is -1.68. The van der Waals surface area contributed by atoms with Gasteiger partial charge < -0.3 is 10.6 Å².